The average Bonchev–Trinajstić information content (AvgIpc) is 2.37. The van der Waals surface area contributed by atoms with Gasteiger partial charge in [-0.25, -0.2) is 0 Å². The molecule has 104 valence electrons. The predicted molar refractivity (Wildman–Crippen MR) is 64.4 cm³/mol. The number of carbonyl (C=O) groups excluding carboxylic acids is 1. The Balaban J connectivity index is 2.42. The number of hydrogen-bond acceptors (Lipinski definition) is 2. The number of carbonyl (C=O) groups is 1. The molecule has 1 aliphatic heterocycles. The molecular weight excluding hydrogens is 257 g/mol. The van der Waals surface area contributed by atoms with Gasteiger partial charge < -0.3 is 10.2 Å². The molecule has 3 nitrogen and oxygen atoms in total. The van der Waals surface area contributed by atoms with Crippen molar-refractivity contribution in [2.24, 2.45) is 0 Å². The molecule has 1 fully saturated rings. The van der Waals surface area contributed by atoms with Crippen LogP contribution in [0.15, 0.2) is 24.3 Å². The molecule has 1 heterocycles. The highest BCUT2D eigenvalue weighted by molar-refractivity contribution is 5.74. The molecular formula is C13H15F3N2O. The molecule has 0 aromatic heterocycles. The highest BCUT2D eigenvalue weighted by Crippen LogP contribution is 2.36. The SMILES string of the molecule is CC(=O)N1CCNCC1c1ccccc1C(F)(F)F. The van der Waals surface area contributed by atoms with Crippen LogP contribution in [0.4, 0.5) is 13.2 Å². The maximum absolute atomic E-state index is 13.0. The van der Waals surface area contributed by atoms with E-state index in [0.717, 1.165) is 6.07 Å². The Morgan fingerprint density at radius 3 is 2.68 bits per heavy atom. The fourth-order valence-electron chi connectivity index (χ4n) is 2.40. The molecule has 2 rings (SSSR count). The van der Waals surface area contributed by atoms with Gasteiger partial charge in [-0.05, 0) is 11.6 Å². The quantitative estimate of drug-likeness (QED) is 0.850. The monoisotopic (exact) mass is 272 g/mol. The molecule has 1 aromatic carbocycles. The number of rotatable bonds is 1. The number of benzene rings is 1. The second-order valence-corrected chi connectivity index (χ2v) is 4.52. The number of halogens is 3. The van der Waals surface area contributed by atoms with Crippen LogP contribution in [0.3, 0.4) is 0 Å². The molecule has 0 radical (unpaired) electrons. The van der Waals surface area contributed by atoms with E-state index in [1.807, 2.05) is 0 Å². The smallest absolute Gasteiger partial charge is 0.333 e. The van der Waals surface area contributed by atoms with E-state index in [0.29, 0.717) is 19.6 Å². The Bertz CT molecular complexity index is 473. The van der Waals surface area contributed by atoms with Crippen LogP contribution >= 0.6 is 0 Å². The van der Waals surface area contributed by atoms with Crippen LogP contribution in [0, 0.1) is 0 Å². The number of hydrogen-bond donors (Lipinski definition) is 1. The lowest BCUT2D eigenvalue weighted by Gasteiger charge is -2.37. The molecule has 0 saturated carbocycles. The molecule has 19 heavy (non-hydrogen) atoms. The van der Waals surface area contributed by atoms with Gasteiger partial charge in [-0.2, -0.15) is 13.2 Å². The Hall–Kier alpha value is -1.56. The molecule has 1 saturated heterocycles. The molecule has 1 aromatic rings. The second-order valence-electron chi connectivity index (χ2n) is 4.52. The van der Waals surface area contributed by atoms with E-state index in [-0.39, 0.29) is 11.5 Å². The van der Waals surface area contributed by atoms with Crippen LogP contribution in [-0.2, 0) is 11.0 Å². The van der Waals surface area contributed by atoms with Gasteiger partial charge in [0.15, 0.2) is 0 Å². The van der Waals surface area contributed by atoms with E-state index >= 15 is 0 Å². The van der Waals surface area contributed by atoms with Gasteiger partial charge >= 0.3 is 6.18 Å². The van der Waals surface area contributed by atoms with Crippen LogP contribution < -0.4 is 5.32 Å². The summed E-state index contributed by atoms with van der Waals surface area (Å²) in [4.78, 5) is 13.0. The first-order valence-corrected chi connectivity index (χ1v) is 6.05. The molecule has 1 aliphatic rings. The van der Waals surface area contributed by atoms with Gasteiger partial charge in [-0.15, -0.1) is 0 Å². The number of amides is 1. The second kappa shape index (κ2) is 5.21. The minimum absolute atomic E-state index is 0.150. The maximum atomic E-state index is 13.0. The van der Waals surface area contributed by atoms with Gasteiger partial charge in [-0.3, -0.25) is 4.79 Å². The topological polar surface area (TPSA) is 32.3 Å². The zero-order valence-electron chi connectivity index (χ0n) is 10.5. The van der Waals surface area contributed by atoms with Crippen LogP contribution in [0.2, 0.25) is 0 Å². The highest BCUT2D eigenvalue weighted by Gasteiger charge is 2.37. The van der Waals surface area contributed by atoms with Crippen molar-refractivity contribution in [3.05, 3.63) is 35.4 Å². The third-order valence-electron chi connectivity index (χ3n) is 3.27. The minimum Gasteiger partial charge on any atom is -0.333 e. The van der Waals surface area contributed by atoms with Crippen LogP contribution in [-0.4, -0.2) is 30.4 Å². The number of alkyl halides is 3. The number of nitrogens with zero attached hydrogens (tertiary/aromatic N) is 1. The fraction of sp³-hybridized carbons (Fsp3) is 0.462. The fourth-order valence-corrected chi connectivity index (χ4v) is 2.40. The number of piperazine rings is 1. The highest BCUT2D eigenvalue weighted by atomic mass is 19.4. The van der Waals surface area contributed by atoms with Crippen molar-refractivity contribution >= 4 is 5.91 Å². The summed E-state index contributed by atoms with van der Waals surface area (Å²) in [5, 5.41) is 3.04. The first kappa shape index (κ1) is 13.9. The van der Waals surface area contributed by atoms with Crippen LogP contribution in [0.1, 0.15) is 24.1 Å². The third kappa shape index (κ3) is 2.89. The van der Waals surface area contributed by atoms with E-state index in [1.165, 1.54) is 24.0 Å². The van der Waals surface area contributed by atoms with Gasteiger partial charge in [0.2, 0.25) is 5.91 Å². The standard InChI is InChI=1S/C13H15F3N2O/c1-9(19)18-7-6-17-8-12(18)10-4-2-3-5-11(10)13(14,15)16/h2-5,12,17H,6-8H2,1H3. The summed E-state index contributed by atoms with van der Waals surface area (Å²) in [5.41, 5.74) is -0.521. The lowest BCUT2D eigenvalue weighted by atomic mass is 9.97. The van der Waals surface area contributed by atoms with Gasteiger partial charge in [-0.1, -0.05) is 18.2 Å². The normalized spacial score (nSPS) is 20.4. The lowest BCUT2D eigenvalue weighted by molar-refractivity contribution is -0.141. The lowest BCUT2D eigenvalue weighted by Crippen LogP contribution is -2.48. The first-order chi connectivity index (χ1) is 8.91. The molecule has 0 bridgehead atoms. The first-order valence-electron chi connectivity index (χ1n) is 6.05. The summed E-state index contributed by atoms with van der Waals surface area (Å²) in [7, 11) is 0. The van der Waals surface area contributed by atoms with Crippen molar-refractivity contribution in [3.63, 3.8) is 0 Å². The van der Waals surface area contributed by atoms with Gasteiger partial charge in [0.25, 0.3) is 0 Å². The van der Waals surface area contributed by atoms with Crippen molar-refractivity contribution in [2.75, 3.05) is 19.6 Å². The van der Waals surface area contributed by atoms with E-state index < -0.39 is 17.8 Å². The van der Waals surface area contributed by atoms with Crippen molar-refractivity contribution in [3.8, 4) is 0 Å². The molecule has 1 N–H and O–H groups in total. The Kier molecular flexibility index (Phi) is 3.80. The third-order valence-corrected chi connectivity index (χ3v) is 3.27. The predicted octanol–water partition coefficient (Wildman–Crippen LogP) is 2.20. The molecule has 1 atom stereocenters. The average molecular weight is 272 g/mol. The van der Waals surface area contributed by atoms with Gasteiger partial charge in [0.05, 0.1) is 11.6 Å². The summed E-state index contributed by atoms with van der Waals surface area (Å²) < 4.78 is 39.0. The van der Waals surface area contributed by atoms with Crippen molar-refractivity contribution in [2.45, 2.75) is 19.1 Å². The van der Waals surface area contributed by atoms with E-state index in [1.54, 1.807) is 6.07 Å². The van der Waals surface area contributed by atoms with Crippen molar-refractivity contribution in [1.82, 2.24) is 10.2 Å². The Labute approximate surface area is 109 Å². The Morgan fingerprint density at radius 2 is 2.05 bits per heavy atom. The molecule has 1 amide bonds. The molecule has 0 aliphatic carbocycles. The summed E-state index contributed by atoms with van der Waals surface area (Å²) in [5.74, 6) is -0.205. The zero-order valence-corrected chi connectivity index (χ0v) is 10.5. The summed E-state index contributed by atoms with van der Waals surface area (Å²) in [6.07, 6.45) is -4.41. The van der Waals surface area contributed by atoms with E-state index in [4.69, 9.17) is 0 Å². The molecule has 0 spiro atoms. The maximum Gasteiger partial charge on any atom is 0.416 e. The largest absolute Gasteiger partial charge is 0.416 e. The Morgan fingerprint density at radius 1 is 1.37 bits per heavy atom. The minimum atomic E-state index is -4.41. The summed E-state index contributed by atoms with van der Waals surface area (Å²) in [6, 6.07) is 4.86. The van der Waals surface area contributed by atoms with Crippen LogP contribution in [0.25, 0.3) is 0 Å². The zero-order chi connectivity index (χ0) is 14.0. The number of nitrogens with one attached hydrogen (secondary N) is 1. The molecule has 6 heteroatoms. The van der Waals surface area contributed by atoms with E-state index in [9.17, 15) is 18.0 Å². The van der Waals surface area contributed by atoms with Crippen molar-refractivity contribution in [1.29, 1.82) is 0 Å². The summed E-state index contributed by atoms with van der Waals surface area (Å²) in [6.45, 7) is 2.75. The van der Waals surface area contributed by atoms with Crippen LogP contribution in [0.5, 0.6) is 0 Å². The van der Waals surface area contributed by atoms with Gasteiger partial charge in [0, 0.05) is 26.6 Å². The van der Waals surface area contributed by atoms with E-state index in [2.05, 4.69) is 5.32 Å². The summed E-state index contributed by atoms with van der Waals surface area (Å²) >= 11 is 0. The molecule has 1 unspecified atom stereocenters. The van der Waals surface area contributed by atoms with Gasteiger partial charge in [0.1, 0.15) is 0 Å². The van der Waals surface area contributed by atoms with Crippen molar-refractivity contribution < 1.29 is 18.0 Å².